The second kappa shape index (κ2) is 4.79. The minimum absolute atomic E-state index is 0.222. The summed E-state index contributed by atoms with van der Waals surface area (Å²) in [7, 11) is 0. The molecular formula is C12H14N2O2. The molecule has 1 aromatic rings. The summed E-state index contributed by atoms with van der Waals surface area (Å²) in [5, 5.41) is 2.71. The topological polar surface area (TPSA) is 49.4 Å². The minimum atomic E-state index is -0.286. The summed E-state index contributed by atoms with van der Waals surface area (Å²) in [6.07, 6.45) is 1.78. The smallest absolute Gasteiger partial charge is 0.324 e. The molecule has 3 amide bonds. The van der Waals surface area contributed by atoms with Crippen molar-refractivity contribution < 1.29 is 9.59 Å². The largest absolute Gasteiger partial charge is 0.338 e. The molecule has 0 spiro atoms. The van der Waals surface area contributed by atoms with Crippen LogP contribution in [0.1, 0.15) is 23.2 Å². The van der Waals surface area contributed by atoms with E-state index in [1.807, 2.05) is 6.07 Å². The Morgan fingerprint density at radius 3 is 2.69 bits per heavy atom. The zero-order valence-electron chi connectivity index (χ0n) is 8.98. The number of carbonyl (C=O) groups excluding carboxylic acids is 2. The molecule has 0 aliphatic carbocycles. The molecule has 0 unspecified atom stereocenters. The van der Waals surface area contributed by atoms with Crippen LogP contribution < -0.4 is 5.32 Å². The van der Waals surface area contributed by atoms with Crippen molar-refractivity contribution in [2.75, 3.05) is 13.1 Å². The van der Waals surface area contributed by atoms with Crippen LogP contribution in [0.25, 0.3) is 0 Å². The molecule has 84 valence electrons. The molecule has 2 rings (SSSR count). The molecule has 0 radical (unpaired) electrons. The van der Waals surface area contributed by atoms with E-state index in [-0.39, 0.29) is 11.9 Å². The Bertz CT molecular complexity index is 389. The van der Waals surface area contributed by atoms with Crippen LogP contribution in [0.2, 0.25) is 0 Å². The summed E-state index contributed by atoms with van der Waals surface area (Å²) < 4.78 is 0. The molecule has 1 N–H and O–H groups in total. The molecule has 1 fully saturated rings. The predicted octanol–water partition coefficient (Wildman–Crippen LogP) is 1.63. The molecule has 4 nitrogen and oxygen atoms in total. The van der Waals surface area contributed by atoms with E-state index in [0.717, 1.165) is 12.8 Å². The minimum Gasteiger partial charge on any atom is -0.338 e. The van der Waals surface area contributed by atoms with Crippen molar-refractivity contribution >= 4 is 11.9 Å². The van der Waals surface area contributed by atoms with Gasteiger partial charge in [-0.15, -0.1) is 0 Å². The average Bonchev–Trinajstić information content (AvgIpc) is 2.54. The highest BCUT2D eigenvalue weighted by molar-refractivity contribution is 6.04. The van der Waals surface area contributed by atoms with Crippen LogP contribution in [0.4, 0.5) is 4.79 Å². The van der Waals surface area contributed by atoms with Gasteiger partial charge in [0.2, 0.25) is 0 Å². The third-order valence-corrected chi connectivity index (χ3v) is 2.60. The van der Waals surface area contributed by atoms with E-state index in [9.17, 15) is 9.59 Å². The Morgan fingerprint density at radius 2 is 1.94 bits per heavy atom. The number of benzene rings is 1. The van der Waals surface area contributed by atoms with Gasteiger partial charge in [0.1, 0.15) is 0 Å². The Kier molecular flexibility index (Phi) is 3.19. The second-order valence-electron chi connectivity index (χ2n) is 3.76. The molecule has 1 aliphatic heterocycles. The van der Waals surface area contributed by atoms with E-state index >= 15 is 0 Å². The number of nitrogens with zero attached hydrogens (tertiary/aromatic N) is 1. The number of nitrogens with one attached hydrogen (secondary N) is 1. The van der Waals surface area contributed by atoms with Gasteiger partial charge in [0.05, 0.1) is 0 Å². The average molecular weight is 218 g/mol. The summed E-state index contributed by atoms with van der Waals surface area (Å²) in [6.45, 7) is 1.15. The first-order chi connectivity index (χ1) is 7.79. The maximum Gasteiger partial charge on any atom is 0.324 e. The van der Waals surface area contributed by atoms with Gasteiger partial charge in [-0.2, -0.15) is 0 Å². The summed E-state index contributed by atoms with van der Waals surface area (Å²) in [5.74, 6) is -0.222. The highest BCUT2D eigenvalue weighted by atomic mass is 16.2. The Hall–Kier alpha value is -1.84. The lowest BCUT2D eigenvalue weighted by atomic mass is 10.2. The molecule has 0 saturated carbocycles. The molecule has 0 aromatic heterocycles. The molecular weight excluding hydrogens is 204 g/mol. The SMILES string of the molecule is O=C1NCCCCN1C(=O)c1ccccc1. The molecule has 1 heterocycles. The fourth-order valence-corrected chi connectivity index (χ4v) is 1.72. The number of imide groups is 1. The van der Waals surface area contributed by atoms with Crippen molar-refractivity contribution in [2.45, 2.75) is 12.8 Å². The van der Waals surface area contributed by atoms with E-state index < -0.39 is 0 Å². The lowest BCUT2D eigenvalue weighted by molar-refractivity contribution is 0.0806. The first kappa shape index (κ1) is 10.7. The fraction of sp³-hybridized carbons (Fsp3) is 0.333. The zero-order chi connectivity index (χ0) is 11.4. The molecule has 1 aromatic carbocycles. The number of amides is 3. The van der Waals surface area contributed by atoms with Crippen LogP contribution in [0, 0.1) is 0 Å². The van der Waals surface area contributed by atoms with Crippen LogP contribution in [0.15, 0.2) is 30.3 Å². The Balaban J connectivity index is 2.17. The number of urea groups is 1. The van der Waals surface area contributed by atoms with E-state index in [2.05, 4.69) is 5.32 Å². The van der Waals surface area contributed by atoms with E-state index in [0.29, 0.717) is 18.7 Å². The molecule has 16 heavy (non-hydrogen) atoms. The number of rotatable bonds is 1. The third-order valence-electron chi connectivity index (χ3n) is 2.60. The van der Waals surface area contributed by atoms with E-state index in [1.165, 1.54) is 4.90 Å². The summed E-state index contributed by atoms with van der Waals surface area (Å²) in [4.78, 5) is 24.9. The standard InChI is InChI=1S/C12H14N2O2/c15-11(10-6-2-1-3-7-10)14-9-5-4-8-13-12(14)16/h1-3,6-7H,4-5,8-9H2,(H,13,16). The molecule has 1 aliphatic rings. The number of hydrogen-bond acceptors (Lipinski definition) is 2. The quantitative estimate of drug-likeness (QED) is 0.778. The maximum absolute atomic E-state index is 12.0. The lowest BCUT2D eigenvalue weighted by Gasteiger charge is -2.17. The van der Waals surface area contributed by atoms with Crippen LogP contribution in [0.5, 0.6) is 0 Å². The predicted molar refractivity (Wildman–Crippen MR) is 60.1 cm³/mol. The van der Waals surface area contributed by atoms with Crippen molar-refractivity contribution in [3.8, 4) is 0 Å². The van der Waals surface area contributed by atoms with E-state index in [1.54, 1.807) is 24.3 Å². The molecule has 0 atom stereocenters. The lowest BCUT2D eigenvalue weighted by Crippen LogP contribution is -2.42. The van der Waals surface area contributed by atoms with Crippen molar-refractivity contribution in [3.63, 3.8) is 0 Å². The van der Waals surface area contributed by atoms with Crippen molar-refractivity contribution in [1.29, 1.82) is 0 Å². The van der Waals surface area contributed by atoms with Gasteiger partial charge in [0.25, 0.3) is 5.91 Å². The van der Waals surface area contributed by atoms with E-state index in [4.69, 9.17) is 0 Å². The summed E-state index contributed by atoms with van der Waals surface area (Å²) >= 11 is 0. The van der Waals surface area contributed by atoms with Crippen LogP contribution in [-0.4, -0.2) is 29.9 Å². The fourth-order valence-electron chi connectivity index (χ4n) is 1.72. The monoisotopic (exact) mass is 218 g/mol. The summed E-state index contributed by atoms with van der Waals surface area (Å²) in [5.41, 5.74) is 0.555. The van der Waals surface area contributed by atoms with Crippen molar-refractivity contribution in [2.24, 2.45) is 0 Å². The van der Waals surface area contributed by atoms with Gasteiger partial charge in [-0.25, -0.2) is 4.79 Å². The Morgan fingerprint density at radius 1 is 1.19 bits per heavy atom. The van der Waals surface area contributed by atoms with Gasteiger partial charge >= 0.3 is 6.03 Å². The number of hydrogen-bond donors (Lipinski definition) is 1. The van der Waals surface area contributed by atoms with Crippen LogP contribution in [0.3, 0.4) is 0 Å². The van der Waals surface area contributed by atoms with Gasteiger partial charge in [-0.05, 0) is 25.0 Å². The van der Waals surface area contributed by atoms with Crippen LogP contribution >= 0.6 is 0 Å². The van der Waals surface area contributed by atoms with Crippen molar-refractivity contribution in [1.82, 2.24) is 10.2 Å². The van der Waals surface area contributed by atoms with Gasteiger partial charge in [-0.3, -0.25) is 9.69 Å². The van der Waals surface area contributed by atoms with Crippen LogP contribution in [-0.2, 0) is 0 Å². The van der Waals surface area contributed by atoms with Gasteiger partial charge in [-0.1, -0.05) is 18.2 Å². The van der Waals surface area contributed by atoms with Gasteiger partial charge < -0.3 is 5.32 Å². The normalized spacial score (nSPS) is 16.5. The second-order valence-corrected chi connectivity index (χ2v) is 3.76. The highest BCUT2D eigenvalue weighted by Gasteiger charge is 2.23. The molecule has 0 bridgehead atoms. The molecule has 1 saturated heterocycles. The highest BCUT2D eigenvalue weighted by Crippen LogP contribution is 2.08. The summed E-state index contributed by atoms with van der Waals surface area (Å²) in [6, 6.07) is 8.60. The third kappa shape index (κ3) is 2.21. The Labute approximate surface area is 94.2 Å². The number of carbonyl (C=O) groups is 2. The zero-order valence-corrected chi connectivity index (χ0v) is 8.98. The maximum atomic E-state index is 12.0. The first-order valence-electron chi connectivity index (χ1n) is 5.44. The molecule has 4 heteroatoms. The van der Waals surface area contributed by atoms with Crippen molar-refractivity contribution in [3.05, 3.63) is 35.9 Å². The van der Waals surface area contributed by atoms with Gasteiger partial charge in [0.15, 0.2) is 0 Å². The van der Waals surface area contributed by atoms with Gasteiger partial charge in [0, 0.05) is 18.7 Å². The first-order valence-corrected chi connectivity index (χ1v) is 5.44.